The molecule has 0 saturated carbocycles. The standard InChI is InChI=1S/C11H8N4O/c12-15-14-9-3-1-4-10(7-9)16-11-5-2-6-13-8-11/h1-8H. The first-order chi connectivity index (χ1) is 7.88. The summed E-state index contributed by atoms with van der Waals surface area (Å²) in [6.07, 6.45) is 3.28. The second-order valence-electron chi connectivity index (χ2n) is 2.98. The van der Waals surface area contributed by atoms with Gasteiger partial charge in [0, 0.05) is 16.8 Å². The van der Waals surface area contributed by atoms with Gasteiger partial charge in [0.2, 0.25) is 0 Å². The van der Waals surface area contributed by atoms with Crippen molar-refractivity contribution >= 4 is 5.69 Å². The number of nitrogens with zero attached hydrogens (tertiary/aromatic N) is 4. The highest BCUT2D eigenvalue weighted by Crippen LogP contribution is 2.24. The van der Waals surface area contributed by atoms with E-state index in [2.05, 4.69) is 15.0 Å². The van der Waals surface area contributed by atoms with Gasteiger partial charge < -0.3 is 4.74 Å². The molecule has 0 N–H and O–H groups in total. The Hall–Kier alpha value is -2.52. The third kappa shape index (κ3) is 2.50. The first kappa shape index (κ1) is 10.0. The Labute approximate surface area is 92.0 Å². The SMILES string of the molecule is [N-]=[N+]=Nc1cccc(Oc2cccnc2)c1. The number of rotatable bonds is 3. The molecule has 0 saturated heterocycles. The summed E-state index contributed by atoms with van der Waals surface area (Å²) in [5.41, 5.74) is 8.83. The van der Waals surface area contributed by atoms with E-state index in [0.29, 0.717) is 17.2 Å². The molecule has 16 heavy (non-hydrogen) atoms. The van der Waals surface area contributed by atoms with Gasteiger partial charge in [0.25, 0.3) is 0 Å². The summed E-state index contributed by atoms with van der Waals surface area (Å²) >= 11 is 0. The third-order valence-electron chi connectivity index (χ3n) is 1.85. The maximum atomic E-state index is 8.31. The van der Waals surface area contributed by atoms with E-state index in [1.807, 2.05) is 0 Å². The fourth-order valence-electron chi connectivity index (χ4n) is 1.20. The minimum absolute atomic E-state index is 0.517. The Bertz CT molecular complexity index is 521. The summed E-state index contributed by atoms with van der Waals surface area (Å²) in [7, 11) is 0. The number of ether oxygens (including phenoxy) is 1. The van der Waals surface area contributed by atoms with E-state index in [9.17, 15) is 0 Å². The van der Waals surface area contributed by atoms with Crippen LogP contribution in [0.5, 0.6) is 11.5 Å². The number of hydrogen-bond acceptors (Lipinski definition) is 3. The van der Waals surface area contributed by atoms with Crippen LogP contribution in [0.4, 0.5) is 5.69 Å². The molecule has 78 valence electrons. The van der Waals surface area contributed by atoms with E-state index in [-0.39, 0.29) is 0 Å². The lowest BCUT2D eigenvalue weighted by Gasteiger charge is -2.04. The van der Waals surface area contributed by atoms with Crippen LogP contribution < -0.4 is 4.74 Å². The molecule has 0 aliphatic rings. The van der Waals surface area contributed by atoms with Gasteiger partial charge in [-0.3, -0.25) is 4.98 Å². The van der Waals surface area contributed by atoms with Gasteiger partial charge in [0.15, 0.2) is 0 Å². The van der Waals surface area contributed by atoms with E-state index < -0.39 is 0 Å². The molecule has 0 amide bonds. The average Bonchev–Trinajstić information content (AvgIpc) is 2.31. The van der Waals surface area contributed by atoms with Crippen LogP contribution in [0.2, 0.25) is 0 Å². The molecular weight excluding hydrogens is 204 g/mol. The van der Waals surface area contributed by atoms with Crippen LogP contribution in [0.3, 0.4) is 0 Å². The molecule has 0 radical (unpaired) electrons. The Morgan fingerprint density at radius 3 is 2.81 bits per heavy atom. The zero-order valence-electron chi connectivity index (χ0n) is 8.32. The smallest absolute Gasteiger partial charge is 0.145 e. The van der Waals surface area contributed by atoms with Crippen LogP contribution in [-0.4, -0.2) is 4.98 Å². The van der Waals surface area contributed by atoms with E-state index in [0.717, 1.165) is 0 Å². The first-order valence-corrected chi connectivity index (χ1v) is 4.61. The second kappa shape index (κ2) is 4.82. The van der Waals surface area contributed by atoms with Crippen molar-refractivity contribution in [3.63, 3.8) is 0 Å². The molecule has 2 rings (SSSR count). The van der Waals surface area contributed by atoms with Crippen molar-refractivity contribution in [2.24, 2.45) is 5.11 Å². The van der Waals surface area contributed by atoms with Crippen LogP contribution in [0.1, 0.15) is 0 Å². The fraction of sp³-hybridized carbons (Fsp3) is 0. The van der Waals surface area contributed by atoms with Gasteiger partial charge >= 0.3 is 0 Å². The molecule has 0 spiro atoms. The second-order valence-corrected chi connectivity index (χ2v) is 2.98. The normalized spacial score (nSPS) is 9.25. The summed E-state index contributed by atoms with van der Waals surface area (Å²) in [6, 6.07) is 10.5. The van der Waals surface area contributed by atoms with Crippen molar-refractivity contribution in [3.05, 3.63) is 59.2 Å². The molecule has 1 aromatic carbocycles. The van der Waals surface area contributed by atoms with Crippen molar-refractivity contribution in [2.75, 3.05) is 0 Å². The number of azide groups is 1. The Morgan fingerprint density at radius 1 is 1.19 bits per heavy atom. The van der Waals surface area contributed by atoms with Gasteiger partial charge in [0.05, 0.1) is 6.20 Å². The number of benzene rings is 1. The highest BCUT2D eigenvalue weighted by molar-refractivity contribution is 5.44. The minimum atomic E-state index is 0.517. The minimum Gasteiger partial charge on any atom is -0.456 e. The molecule has 0 unspecified atom stereocenters. The average molecular weight is 212 g/mol. The Balaban J connectivity index is 2.22. The zero-order chi connectivity index (χ0) is 11.2. The van der Waals surface area contributed by atoms with E-state index in [4.69, 9.17) is 10.3 Å². The van der Waals surface area contributed by atoms with Crippen molar-refractivity contribution in [1.82, 2.24) is 4.98 Å². The molecule has 0 atom stereocenters. The zero-order valence-corrected chi connectivity index (χ0v) is 8.32. The molecular formula is C11H8N4O. The van der Waals surface area contributed by atoms with Gasteiger partial charge in [-0.1, -0.05) is 17.2 Å². The lowest BCUT2D eigenvalue weighted by Crippen LogP contribution is -1.83. The molecule has 5 nitrogen and oxygen atoms in total. The largest absolute Gasteiger partial charge is 0.456 e. The summed E-state index contributed by atoms with van der Waals surface area (Å²) in [6.45, 7) is 0. The molecule has 0 bridgehead atoms. The molecule has 0 aliphatic carbocycles. The maximum absolute atomic E-state index is 8.31. The third-order valence-corrected chi connectivity index (χ3v) is 1.85. The summed E-state index contributed by atoms with van der Waals surface area (Å²) in [5, 5.41) is 3.49. The predicted octanol–water partition coefficient (Wildman–Crippen LogP) is 3.82. The maximum Gasteiger partial charge on any atom is 0.145 e. The van der Waals surface area contributed by atoms with Crippen LogP contribution in [0.15, 0.2) is 53.9 Å². The number of aromatic nitrogens is 1. The summed E-state index contributed by atoms with van der Waals surface area (Å²) < 4.78 is 5.52. The molecule has 1 heterocycles. The Kier molecular flexibility index (Phi) is 3.01. The van der Waals surface area contributed by atoms with E-state index in [1.54, 1.807) is 48.8 Å². The predicted molar refractivity (Wildman–Crippen MR) is 59.6 cm³/mol. The van der Waals surface area contributed by atoms with Gasteiger partial charge in [-0.25, -0.2) is 0 Å². The topological polar surface area (TPSA) is 70.9 Å². The van der Waals surface area contributed by atoms with Gasteiger partial charge in [-0.05, 0) is 29.8 Å². The molecule has 1 aromatic heterocycles. The van der Waals surface area contributed by atoms with Crippen molar-refractivity contribution < 1.29 is 4.74 Å². The first-order valence-electron chi connectivity index (χ1n) is 4.61. The highest BCUT2D eigenvalue weighted by Gasteiger charge is 1.97. The van der Waals surface area contributed by atoms with Crippen LogP contribution in [0, 0.1) is 0 Å². The van der Waals surface area contributed by atoms with Gasteiger partial charge in [-0.15, -0.1) is 0 Å². The summed E-state index contributed by atoms with van der Waals surface area (Å²) in [4.78, 5) is 6.64. The Morgan fingerprint density at radius 2 is 2.06 bits per heavy atom. The quantitative estimate of drug-likeness (QED) is 0.440. The van der Waals surface area contributed by atoms with Gasteiger partial charge in [-0.2, -0.15) is 0 Å². The van der Waals surface area contributed by atoms with Crippen LogP contribution in [-0.2, 0) is 0 Å². The van der Waals surface area contributed by atoms with Crippen LogP contribution >= 0.6 is 0 Å². The number of pyridine rings is 1. The van der Waals surface area contributed by atoms with Crippen molar-refractivity contribution in [2.45, 2.75) is 0 Å². The highest BCUT2D eigenvalue weighted by atomic mass is 16.5. The fourth-order valence-corrected chi connectivity index (χ4v) is 1.20. The van der Waals surface area contributed by atoms with Gasteiger partial charge in [0.1, 0.15) is 11.5 Å². The van der Waals surface area contributed by atoms with Crippen LogP contribution in [0.25, 0.3) is 10.4 Å². The van der Waals surface area contributed by atoms with Crippen molar-refractivity contribution in [1.29, 1.82) is 0 Å². The lowest BCUT2D eigenvalue weighted by molar-refractivity contribution is 0.480. The lowest BCUT2D eigenvalue weighted by atomic mass is 10.3. The van der Waals surface area contributed by atoms with E-state index >= 15 is 0 Å². The summed E-state index contributed by atoms with van der Waals surface area (Å²) in [5.74, 6) is 1.25. The van der Waals surface area contributed by atoms with Crippen molar-refractivity contribution in [3.8, 4) is 11.5 Å². The monoisotopic (exact) mass is 212 g/mol. The molecule has 0 fully saturated rings. The molecule has 2 aromatic rings. The molecule has 5 heteroatoms. The van der Waals surface area contributed by atoms with E-state index in [1.165, 1.54) is 0 Å². The molecule has 0 aliphatic heterocycles. The number of hydrogen-bond donors (Lipinski definition) is 0.